The van der Waals surface area contributed by atoms with Crippen molar-refractivity contribution in [2.75, 3.05) is 13.1 Å². The SMILES string of the molecule is Cc1cnc(C(=O)N[C@@]23C[C@H]2CN(C(=O)c2ccco2)C3)cn1. The molecule has 0 aromatic carbocycles. The average Bonchev–Trinajstić information content (AvgIpc) is 2.96. The summed E-state index contributed by atoms with van der Waals surface area (Å²) in [5.74, 6) is 0.249. The Balaban J connectivity index is 1.44. The Bertz CT molecular complexity index is 756. The summed E-state index contributed by atoms with van der Waals surface area (Å²) < 4.78 is 5.16. The summed E-state index contributed by atoms with van der Waals surface area (Å²) in [6.45, 7) is 2.96. The van der Waals surface area contributed by atoms with Crippen molar-refractivity contribution < 1.29 is 14.0 Å². The maximum atomic E-state index is 12.3. The lowest BCUT2D eigenvalue weighted by Crippen LogP contribution is -2.43. The minimum atomic E-state index is -0.327. The molecule has 0 bridgehead atoms. The molecule has 2 aromatic rings. The number of rotatable bonds is 3. The highest BCUT2D eigenvalue weighted by Gasteiger charge is 2.62. The summed E-state index contributed by atoms with van der Waals surface area (Å²) >= 11 is 0. The van der Waals surface area contributed by atoms with Gasteiger partial charge in [0.25, 0.3) is 11.8 Å². The first-order valence-electron chi connectivity index (χ1n) is 7.51. The molecule has 0 spiro atoms. The summed E-state index contributed by atoms with van der Waals surface area (Å²) in [4.78, 5) is 34.5. The molecule has 4 rings (SSSR count). The fraction of sp³-hybridized carbons (Fsp3) is 0.375. The van der Waals surface area contributed by atoms with E-state index in [-0.39, 0.29) is 17.4 Å². The van der Waals surface area contributed by atoms with Crippen molar-refractivity contribution in [3.8, 4) is 0 Å². The number of amides is 2. The normalized spacial score (nSPS) is 25.1. The highest BCUT2D eigenvalue weighted by molar-refractivity contribution is 5.94. The van der Waals surface area contributed by atoms with Crippen molar-refractivity contribution in [2.24, 2.45) is 5.92 Å². The molecule has 1 N–H and O–H groups in total. The highest BCUT2D eigenvalue weighted by Crippen LogP contribution is 2.49. The Morgan fingerprint density at radius 3 is 2.96 bits per heavy atom. The van der Waals surface area contributed by atoms with Crippen LogP contribution >= 0.6 is 0 Å². The van der Waals surface area contributed by atoms with Crippen molar-refractivity contribution in [2.45, 2.75) is 18.9 Å². The molecule has 1 saturated carbocycles. The first kappa shape index (κ1) is 13.9. The van der Waals surface area contributed by atoms with Gasteiger partial charge >= 0.3 is 0 Å². The fourth-order valence-electron chi connectivity index (χ4n) is 3.19. The molecular weight excluding hydrogens is 296 g/mol. The standard InChI is InChI=1S/C16H16N4O3/c1-10-6-18-12(7-17-10)14(21)19-16-5-11(16)8-20(9-16)15(22)13-3-2-4-23-13/h2-4,6-7,11H,5,8-9H2,1H3,(H,19,21)/t11-,16+/m0/s1. The van der Waals surface area contributed by atoms with Gasteiger partial charge in [0.15, 0.2) is 5.76 Å². The summed E-state index contributed by atoms with van der Waals surface area (Å²) in [6, 6.07) is 3.34. The van der Waals surface area contributed by atoms with Crippen LogP contribution in [0.15, 0.2) is 35.2 Å². The second kappa shape index (κ2) is 4.91. The largest absolute Gasteiger partial charge is 0.459 e. The van der Waals surface area contributed by atoms with E-state index in [1.54, 1.807) is 23.2 Å². The van der Waals surface area contributed by atoms with E-state index in [9.17, 15) is 9.59 Å². The zero-order valence-electron chi connectivity index (χ0n) is 12.7. The van der Waals surface area contributed by atoms with Crippen molar-refractivity contribution in [3.63, 3.8) is 0 Å². The van der Waals surface area contributed by atoms with Crippen LogP contribution in [-0.2, 0) is 0 Å². The summed E-state index contributed by atoms with van der Waals surface area (Å²) in [6.07, 6.45) is 5.41. The van der Waals surface area contributed by atoms with Crippen molar-refractivity contribution in [1.82, 2.24) is 20.2 Å². The number of hydrogen-bond donors (Lipinski definition) is 1. The van der Waals surface area contributed by atoms with Gasteiger partial charge in [-0.05, 0) is 25.5 Å². The second-order valence-corrected chi connectivity index (χ2v) is 6.22. The number of carbonyl (C=O) groups is 2. The summed E-state index contributed by atoms with van der Waals surface area (Å²) in [5, 5.41) is 3.03. The van der Waals surface area contributed by atoms with Crippen LogP contribution in [0.5, 0.6) is 0 Å². The minimum Gasteiger partial charge on any atom is -0.459 e. The van der Waals surface area contributed by atoms with E-state index in [4.69, 9.17) is 4.42 Å². The third-order valence-electron chi connectivity index (χ3n) is 4.54. The lowest BCUT2D eigenvalue weighted by molar-refractivity contribution is 0.0729. The second-order valence-electron chi connectivity index (χ2n) is 6.22. The van der Waals surface area contributed by atoms with Gasteiger partial charge in [-0.25, -0.2) is 4.98 Å². The van der Waals surface area contributed by atoms with E-state index < -0.39 is 0 Å². The highest BCUT2D eigenvalue weighted by atomic mass is 16.3. The molecule has 1 aliphatic heterocycles. The number of fused-ring (bicyclic) bond motifs is 1. The molecular formula is C16H16N4O3. The van der Waals surface area contributed by atoms with Gasteiger partial charge < -0.3 is 14.6 Å². The van der Waals surface area contributed by atoms with Gasteiger partial charge in [0.05, 0.1) is 23.7 Å². The lowest BCUT2D eigenvalue weighted by atomic mass is 10.2. The molecule has 1 saturated heterocycles. The maximum absolute atomic E-state index is 12.3. The number of aryl methyl sites for hydroxylation is 1. The average molecular weight is 312 g/mol. The smallest absolute Gasteiger partial charge is 0.289 e. The monoisotopic (exact) mass is 312 g/mol. The van der Waals surface area contributed by atoms with Gasteiger partial charge in [0, 0.05) is 25.2 Å². The van der Waals surface area contributed by atoms with E-state index in [2.05, 4.69) is 15.3 Å². The van der Waals surface area contributed by atoms with Crippen LogP contribution in [0.3, 0.4) is 0 Å². The molecule has 0 radical (unpaired) electrons. The van der Waals surface area contributed by atoms with E-state index in [1.807, 2.05) is 6.92 Å². The van der Waals surface area contributed by atoms with Crippen LogP contribution in [0.4, 0.5) is 0 Å². The molecule has 2 aliphatic rings. The Morgan fingerprint density at radius 1 is 1.39 bits per heavy atom. The minimum absolute atomic E-state index is 0.133. The number of furan rings is 1. The summed E-state index contributed by atoms with van der Waals surface area (Å²) in [5.41, 5.74) is 0.734. The van der Waals surface area contributed by atoms with Crippen LogP contribution in [-0.4, -0.2) is 45.3 Å². The lowest BCUT2D eigenvalue weighted by Gasteiger charge is -2.20. The maximum Gasteiger partial charge on any atom is 0.289 e. The zero-order valence-corrected chi connectivity index (χ0v) is 12.7. The molecule has 7 nitrogen and oxygen atoms in total. The van der Waals surface area contributed by atoms with Crippen LogP contribution in [0.25, 0.3) is 0 Å². The molecule has 2 atom stereocenters. The van der Waals surface area contributed by atoms with E-state index in [1.165, 1.54) is 12.5 Å². The quantitative estimate of drug-likeness (QED) is 0.914. The molecule has 2 aromatic heterocycles. The molecule has 118 valence electrons. The van der Waals surface area contributed by atoms with Crippen LogP contribution in [0, 0.1) is 12.8 Å². The van der Waals surface area contributed by atoms with E-state index in [0.29, 0.717) is 30.5 Å². The first-order valence-corrected chi connectivity index (χ1v) is 7.51. The Kier molecular flexibility index (Phi) is 2.97. The topological polar surface area (TPSA) is 88.3 Å². The van der Waals surface area contributed by atoms with Gasteiger partial charge in [0.2, 0.25) is 0 Å². The third kappa shape index (κ3) is 2.38. The van der Waals surface area contributed by atoms with Crippen molar-refractivity contribution in [1.29, 1.82) is 0 Å². The third-order valence-corrected chi connectivity index (χ3v) is 4.54. The van der Waals surface area contributed by atoms with Crippen LogP contribution < -0.4 is 5.32 Å². The van der Waals surface area contributed by atoms with Crippen molar-refractivity contribution in [3.05, 3.63) is 47.9 Å². The van der Waals surface area contributed by atoms with Gasteiger partial charge in [-0.2, -0.15) is 0 Å². The number of likely N-dealkylation sites (tertiary alicyclic amines) is 1. The van der Waals surface area contributed by atoms with Crippen LogP contribution in [0.1, 0.15) is 33.2 Å². The zero-order chi connectivity index (χ0) is 16.0. The molecule has 23 heavy (non-hydrogen) atoms. The van der Waals surface area contributed by atoms with Gasteiger partial charge in [0.1, 0.15) is 5.69 Å². The van der Waals surface area contributed by atoms with Gasteiger partial charge in [-0.1, -0.05) is 0 Å². The number of aromatic nitrogens is 2. The number of carbonyl (C=O) groups excluding carboxylic acids is 2. The Hall–Kier alpha value is -2.70. The molecule has 1 aliphatic carbocycles. The van der Waals surface area contributed by atoms with Crippen LogP contribution in [0.2, 0.25) is 0 Å². The Labute approximate surface area is 132 Å². The number of hydrogen-bond acceptors (Lipinski definition) is 5. The molecule has 3 heterocycles. The Morgan fingerprint density at radius 2 is 2.26 bits per heavy atom. The molecule has 2 fully saturated rings. The van der Waals surface area contributed by atoms with E-state index in [0.717, 1.165) is 12.1 Å². The molecule has 7 heteroatoms. The number of nitrogens with zero attached hydrogens (tertiary/aromatic N) is 3. The van der Waals surface area contributed by atoms with Gasteiger partial charge in [-0.15, -0.1) is 0 Å². The van der Waals surface area contributed by atoms with Gasteiger partial charge in [-0.3, -0.25) is 14.6 Å². The number of nitrogens with one attached hydrogen (secondary N) is 1. The number of piperidine rings is 1. The van der Waals surface area contributed by atoms with Crippen molar-refractivity contribution >= 4 is 11.8 Å². The fourth-order valence-corrected chi connectivity index (χ4v) is 3.19. The predicted molar refractivity (Wildman–Crippen MR) is 79.7 cm³/mol. The predicted octanol–water partition coefficient (Wildman–Crippen LogP) is 1.02. The van der Waals surface area contributed by atoms with E-state index >= 15 is 0 Å². The summed E-state index contributed by atoms with van der Waals surface area (Å²) in [7, 11) is 0. The molecule has 0 unspecified atom stereocenters. The first-order chi connectivity index (χ1) is 11.1. The molecule has 2 amide bonds.